The summed E-state index contributed by atoms with van der Waals surface area (Å²) in [6, 6.07) is 12.0. The number of esters is 1. The molecule has 0 unspecified atom stereocenters. The summed E-state index contributed by atoms with van der Waals surface area (Å²) in [7, 11) is 1.26. The van der Waals surface area contributed by atoms with Crippen LogP contribution in [0, 0.1) is 18.5 Å². The van der Waals surface area contributed by atoms with Crippen LogP contribution in [-0.2, 0) is 9.53 Å². The van der Waals surface area contributed by atoms with Crippen LogP contribution in [0.3, 0.4) is 0 Å². The van der Waals surface area contributed by atoms with Crippen molar-refractivity contribution in [2.45, 2.75) is 6.92 Å². The van der Waals surface area contributed by atoms with E-state index in [2.05, 4.69) is 50.5 Å². The van der Waals surface area contributed by atoms with Crippen LogP contribution in [0.4, 0.5) is 5.69 Å². The summed E-state index contributed by atoms with van der Waals surface area (Å²) in [6.45, 7) is 2.46. The van der Waals surface area contributed by atoms with Gasteiger partial charge in [0.1, 0.15) is 17.4 Å². The molecule has 0 heterocycles. The minimum absolute atomic E-state index is 0.0876. The van der Waals surface area contributed by atoms with Crippen molar-refractivity contribution in [1.29, 1.82) is 5.26 Å². The van der Waals surface area contributed by atoms with Crippen molar-refractivity contribution in [2.75, 3.05) is 19.0 Å². The predicted molar refractivity (Wildman–Crippen MR) is 123 cm³/mol. The van der Waals surface area contributed by atoms with E-state index >= 15 is 0 Å². The van der Waals surface area contributed by atoms with Gasteiger partial charge in [0.15, 0.2) is 0 Å². The van der Waals surface area contributed by atoms with E-state index in [1.54, 1.807) is 18.2 Å². The number of carbonyl (C=O) groups excluding carboxylic acids is 2. The number of hydrogen-bond acceptors (Lipinski definition) is 5. The molecule has 6 nitrogen and oxygen atoms in total. The maximum absolute atomic E-state index is 12.6. The van der Waals surface area contributed by atoms with E-state index in [4.69, 9.17) is 9.47 Å². The lowest BCUT2D eigenvalue weighted by Gasteiger charge is -2.10. The standard InChI is InChI=1S/C20H16I2N2O4/c1-3-28-18-15(21)9-12(10-16(18)22)8-13(11-23)19(25)24-17-7-5-4-6-14(17)20(26)27-2/h4-10H,3H2,1-2H3,(H,24,25). The number of nitriles is 1. The third kappa shape index (κ3) is 5.45. The van der Waals surface area contributed by atoms with Crippen molar-refractivity contribution in [1.82, 2.24) is 0 Å². The molecule has 0 fully saturated rings. The van der Waals surface area contributed by atoms with E-state index in [9.17, 15) is 14.9 Å². The summed E-state index contributed by atoms with van der Waals surface area (Å²) >= 11 is 4.30. The van der Waals surface area contributed by atoms with Crippen molar-refractivity contribution >= 4 is 68.8 Å². The summed E-state index contributed by atoms with van der Waals surface area (Å²) in [6.07, 6.45) is 1.50. The lowest BCUT2D eigenvalue weighted by molar-refractivity contribution is -0.112. The molecule has 0 spiro atoms. The Hall–Kier alpha value is -2.13. The van der Waals surface area contributed by atoms with Crippen LogP contribution >= 0.6 is 45.2 Å². The minimum Gasteiger partial charge on any atom is -0.492 e. The molecule has 2 aromatic rings. The van der Waals surface area contributed by atoms with E-state index in [-0.39, 0.29) is 16.8 Å². The van der Waals surface area contributed by atoms with Gasteiger partial charge in [-0.3, -0.25) is 4.79 Å². The Bertz CT molecular complexity index is 957. The van der Waals surface area contributed by atoms with E-state index < -0.39 is 11.9 Å². The Labute approximate surface area is 190 Å². The molecular formula is C20H16I2N2O4. The summed E-state index contributed by atoms with van der Waals surface area (Å²) in [5.74, 6) is -0.414. The molecule has 0 saturated heterocycles. The molecule has 0 aliphatic carbocycles. The zero-order valence-electron chi connectivity index (χ0n) is 15.1. The monoisotopic (exact) mass is 602 g/mol. The maximum Gasteiger partial charge on any atom is 0.339 e. The predicted octanol–water partition coefficient (Wildman–Crippen LogP) is 4.63. The van der Waals surface area contributed by atoms with Crippen LogP contribution in [0.1, 0.15) is 22.8 Å². The molecule has 0 atom stereocenters. The number of carbonyl (C=O) groups is 2. The SMILES string of the molecule is CCOc1c(I)cc(C=C(C#N)C(=O)Nc2ccccc2C(=O)OC)cc1I. The van der Waals surface area contributed by atoms with E-state index in [1.807, 2.05) is 25.1 Å². The summed E-state index contributed by atoms with van der Waals surface area (Å²) in [5.41, 5.74) is 1.10. The van der Waals surface area contributed by atoms with Gasteiger partial charge in [0, 0.05) is 0 Å². The Morgan fingerprint density at radius 1 is 1.21 bits per heavy atom. The number of anilines is 1. The molecule has 0 aliphatic heterocycles. The number of halogens is 2. The topological polar surface area (TPSA) is 88.4 Å². The molecule has 1 amide bonds. The first kappa shape index (κ1) is 22.2. The van der Waals surface area contributed by atoms with Gasteiger partial charge in [-0.15, -0.1) is 0 Å². The molecule has 144 valence electrons. The van der Waals surface area contributed by atoms with Gasteiger partial charge in [-0.25, -0.2) is 4.79 Å². The van der Waals surface area contributed by atoms with Crippen LogP contribution in [-0.4, -0.2) is 25.6 Å². The number of nitrogens with one attached hydrogen (secondary N) is 1. The normalized spacial score (nSPS) is 10.8. The minimum atomic E-state index is -0.613. The fourth-order valence-corrected chi connectivity index (χ4v) is 4.46. The number of benzene rings is 2. The Morgan fingerprint density at radius 2 is 1.86 bits per heavy atom. The van der Waals surface area contributed by atoms with Crippen LogP contribution in [0.5, 0.6) is 5.75 Å². The first-order chi connectivity index (χ1) is 13.4. The Kier molecular flexibility index (Phi) is 8.25. The molecule has 0 bridgehead atoms. The largest absolute Gasteiger partial charge is 0.492 e. The molecule has 0 saturated carbocycles. The highest BCUT2D eigenvalue weighted by Gasteiger charge is 2.16. The van der Waals surface area contributed by atoms with Crippen LogP contribution < -0.4 is 10.1 Å². The number of hydrogen-bond donors (Lipinski definition) is 1. The van der Waals surface area contributed by atoms with Crippen molar-refractivity contribution in [3.05, 3.63) is 60.2 Å². The zero-order valence-corrected chi connectivity index (χ0v) is 19.4. The molecule has 2 aromatic carbocycles. The van der Waals surface area contributed by atoms with E-state index in [0.717, 1.165) is 12.9 Å². The lowest BCUT2D eigenvalue weighted by Crippen LogP contribution is -2.16. The molecule has 0 aromatic heterocycles. The quantitative estimate of drug-likeness (QED) is 0.226. The highest BCUT2D eigenvalue weighted by Crippen LogP contribution is 2.30. The highest BCUT2D eigenvalue weighted by molar-refractivity contribution is 14.1. The highest BCUT2D eigenvalue weighted by atomic mass is 127. The average Bonchev–Trinajstić information content (AvgIpc) is 2.68. The maximum atomic E-state index is 12.6. The number of amides is 1. The fraction of sp³-hybridized carbons (Fsp3) is 0.150. The Balaban J connectivity index is 2.33. The second kappa shape index (κ2) is 10.4. The van der Waals surface area contributed by atoms with Crippen molar-refractivity contribution in [3.63, 3.8) is 0 Å². The van der Waals surface area contributed by atoms with Gasteiger partial charge in [0.2, 0.25) is 0 Å². The fourth-order valence-electron chi connectivity index (χ4n) is 2.33. The van der Waals surface area contributed by atoms with Gasteiger partial charge in [-0.05, 0) is 88.0 Å². The van der Waals surface area contributed by atoms with Gasteiger partial charge in [0.05, 0.1) is 32.1 Å². The third-order valence-corrected chi connectivity index (χ3v) is 5.17. The second-order valence-corrected chi connectivity index (χ2v) is 7.73. The van der Waals surface area contributed by atoms with Gasteiger partial charge in [-0.1, -0.05) is 12.1 Å². The number of nitrogens with zero attached hydrogens (tertiary/aromatic N) is 1. The van der Waals surface area contributed by atoms with Crippen molar-refractivity contribution in [3.8, 4) is 11.8 Å². The molecular weight excluding hydrogens is 586 g/mol. The van der Waals surface area contributed by atoms with Gasteiger partial charge in [-0.2, -0.15) is 5.26 Å². The smallest absolute Gasteiger partial charge is 0.339 e. The van der Waals surface area contributed by atoms with Crippen LogP contribution in [0.25, 0.3) is 6.08 Å². The third-order valence-electron chi connectivity index (χ3n) is 3.57. The zero-order chi connectivity index (χ0) is 20.7. The molecule has 1 N–H and O–H groups in total. The molecule has 2 rings (SSSR count). The number of methoxy groups -OCH3 is 1. The first-order valence-corrected chi connectivity index (χ1v) is 10.3. The van der Waals surface area contributed by atoms with E-state index in [1.165, 1.54) is 19.3 Å². The first-order valence-electron chi connectivity index (χ1n) is 8.13. The molecule has 28 heavy (non-hydrogen) atoms. The van der Waals surface area contributed by atoms with Gasteiger partial charge < -0.3 is 14.8 Å². The number of para-hydroxylation sites is 1. The number of ether oxygens (including phenoxy) is 2. The second-order valence-electron chi connectivity index (χ2n) is 5.41. The van der Waals surface area contributed by atoms with E-state index in [0.29, 0.717) is 12.2 Å². The van der Waals surface area contributed by atoms with Crippen molar-refractivity contribution in [2.24, 2.45) is 0 Å². The Morgan fingerprint density at radius 3 is 2.43 bits per heavy atom. The summed E-state index contributed by atoms with van der Waals surface area (Å²) in [4.78, 5) is 24.4. The average molecular weight is 602 g/mol. The molecule has 0 radical (unpaired) electrons. The summed E-state index contributed by atoms with van der Waals surface area (Å²) < 4.78 is 12.1. The number of rotatable bonds is 6. The van der Waals surface area contributed by atoms with Gasteiger partial charge in [0.25, 0.3) is 5.91 Å². The van der Waals surface area contributed by atoms with Gasteiger partial charge >= 0.3 is 5.97 Å². The lowest BCUT2D eigenvalue weighted by atomic mass is 10.1. The van der Waals surface area contributed by atoms with Crippen LogP contribution in [0.2, 0.25) is 0 Å². The molecule has 8 heteroatoms. The summed E-state index contributed by atoms with van der Waals surface area (Å²) in [5, 5.41) is 12.0. The van der Waals surface area contributed by atoms with Crippen molar-refractivity contribution < 1.29 is 19.1 Å². The van der Waals surface area contributed by atoms with Crippen LogP contribution in [0.15, 0.2) is 42.0 Å². The molecule has 0 aliphatic rings.